The molecule has 1 aliphatic rings. The van der Waals surface area contributed by atoms with Gasteiger partial charge in [-0.1, -0.05) is 41.4 Å². The van der Waals surface area contributed by atoms with Gasteiger partial charge >= 0.3 is 0 Å². The predicted molar refractivity (Wildman–Crippen MR) is 85.4 cm³/mol. The Labute approximate surface area is 125 Å². The summed E-state index contributed by atoms with van der Waals surface area (Å²) in [6, 6.07) is 14.8. The topological polar surface area (TPSA) is 15.3 Å². The first-order valence-corrected chi connectivity index (χ1v) is 7.40. The summed E-state index contributed by atoms with van der Waals surface area (Å²) in [4.78, 5) is 2.43. The molecule has 0 aliphatic carbocycles. The Morgan fingerprint density at radius 2 is 2.10 bits per heavy atom. The quantitative estimate of drug-likeness (QED) is 0.904. The Morgan fingerprint density at radius 3 is 2.95 bits per heavy atom. The summed E-state index contributed by atoms with van der Waals surface area (Å²) in [6.07, 6.45) is 0. The number of anilines is 1. The van der Waals surface area contributed by atoms with E-state index < -0.39 is 0 Å². The minimum Gasteiger partial charge on any atom is -0.366 e. The number of aryl methyl sites for hydroxylation is 1. The van der Waals surface area contributed by atoms with E-state index in [-0.39, 0.29) is 0 Å². The summed E-state index contributed by atoms with van der Waals surface area (Å²) < 4.78 is 0. The Morgan fingerprint density at radius 1 is 1.20 bits per heavy atom. The molecule has 1 heterocycles. The Kier molecular flexibility index (Phi) is 3.95. The van der Waals surface area contributed by atoms with Gasteiger partial charge in [0.15, 0.2) is 0 Å². The lowest BCUT2D eigenvalue weighted by Crippen LogP contribution is -2.28. The third kappa shape index (κ3) is 2.97. The molecule has 2 aromatic rings. The van der Waals surface area contributed by atoms with Crippen molar-refractivity contribution in [1.29, 1.82) is 0 Å². The number of benzene rings is 2. The highest BCUT2D eigenvalue weighted by atomic mass is 35.5. The second-order valence-corrected chi connectivity index (χ2v) is 5.80. The van der Waals surface area contributed by atoms with E-state index in [9.17, 15) is 0 Å². The molecule has 0 unspecified atom stereocenters. The van der Waals surface area contributed by atoms with Gasteiger partial charge in [0.1, 0.15) is 0 Å². The molecule has 3 heteroatoms. The van der Waals surface area contributed by atoms with Crippen molar-refractivity contribution < 1.29 is 0 Å². The minimum atomic E-state index is 0.805. The first-order valence-electron chi connectivity index (χ1n) is 7.02. The summed E-state index contributed by atoms with van der Waals surface area (Å²) >= 11 is 6.08. The molecule has 0 radical (unpaired) electrons. The largest absolute Gasteiger partial charge is 0.366 e. The molecule has 0 atom stereocenters. The fourth-order valence-electron chi connectivity index (χ4n) is 2.74. The second kappa shape index (κ2) is 5.86. The lowest BCUT2D eigenvalue weighted by atomic mass is 10.1. The standard InChI is InChI=1S/C17H19ClN2/c1-13-5-6-17-15(9-13)11-19-7-8-20(17)12-14-3-2-4-16(18)10-14/h2-6,9-10,19H,7-8,11-12H2,1H3. The van der Waals surface area contributed by atoms with Crippen molar-refractivity contribution in [3.8, 4) is 0 Å². The summed E-state index contributed by atoms with van der Waals surface area (Å²) in [6.45, 7) is 6.02. The van der Waals surface area contributed by atoms with Crippen molar-refractivity contribution in [2.24, 2.45) is 0 Å². The van der Waals surface area contributed by atoms with E-state index in [1.54, 1.807) is 0 Å². The monoisotopic (exact) mass is 286 g/mol. The van der Waals surface area contributed by atoms with E-state index in [1.807, 2.05) is 18.2 Å². The normalized spacial score (nSPS) is 14.8. The van der Waals surface area contributed by atoms with Crippen molar-refractivity contribution in [2.75, 3.05) is 18.0 Å². The van der Waals surface area contributed by atoms with Gasteiger partial charge < -0.3 is 10.2 Å². The molecule has 0 aromatic heterocycles. The van der Waals surface area contributed by atoms with Crippen LogP contribution in [-0.2, 0) is 13.1 Å². The molecule has 0 amide bonds. The zero-order valence-corrected chi connectivity index (χ0v) is 12.5. The highest BCUT2D eigenvalue weighted by Gasteiger charge is 2.15. The van der Waals surface area contributed by atoms with Gasteiger partial charge in [0.05, 0.1) is 0 Å². The van der Waals surface area contributed by atoms with E-state index in [0.29, 0.717) is 0 Å². The van der Waals surface area contributed by atoms with E-state index >= 15 is 0 Å². The number of nitrogens with one attached hydrogen (secondary N) is 1. The van der Waals surface area contributed by atoms with Gasteiger partial charge in [-0.2, -0.15) is 0 Å². The highest BCUT2D eigenvalue weighted by molar-refractivity contribution is 6.30. The minimum absolute atomic E-state index is 0.805. The van der Waals surface area contributed by atoms with Gasteiger partial charge in [-0.05, 0) is 36.2 Å². The molecule has 2 nitrogen and oxygen atoms in total. The van der Waals surface area contributed by atoms with Gasteiger partial charge in [-0.15, -0.1) is 0 Å². The number of hydrogen-bond donors (Lipinski definition) is 1. The number of hydrogen-bond acceptors (Lipinski definition) is 2. The van der Waals surface area contributed by atoms with Crippen LogP contribution >= 0.6 is 11.6 Å². The highest BCUT2D eigenvalue weighted by Crippen LogP contribution is 2.25. The summed E-state index contributed by atoms with van der Waals surface area (Å²) in [5.74, 6) is 0. The molecule has 0 saturated heterocycles. The van der Waals surface area contributed by atoms with Crippen LogP contribution in [0.3, 0.4) is 0 Å². The van der Waals surface area contributed by atoms with Gasteiger partial charge in [0.2, 0.25) is 0 Å². The molecule has 0 saturated carbocycles. The van der Waals surface area contributed by atoms with Crippen LogP contribution in [0.2, 0.25) is 5.02 Å². The van der Waals surface area contributed by atoms with E-state index in [2.05, 4.69) is 41.4 Å². The van der Waals surface area contributed by atoms with E-state index in [4.69, 9.17) is 11.6 Å². The first-order chi connectivity index (χ1) is 9.72. The van der Waals surface area contributed by atoms with Gasteiger partial charge in [0, 0.05) is 36.9 Å². The van der Waals surface area contributed by atoms with Crippen molar-refractivity contribution in [2.45, 2.75) is 20.0 Å². The van der Waals surface area contributed by atoms with Crippen LogP contribution < -0.4 is 10.2 Å². The molecule has 0 bridgehead atoms. The summed E-state index contributed by atoms with van der Waals surface area (Å²) in [5.41, 5.74) is 5.28. The van der Waals surface area contributed by atoms with E-state index in [0.717, 1.165) is 31.2 Å². The fraction of sp³-hybridized carbons (Fsp3) is 0.294. The third-order valence-corrected chi connectivity index (χ3v) is 3.95. The SMILES string of the molecule is Cc1ccc2c(c1)CNCCN2Cc1cccc(Cl)c1. The fourth-order valence-corrected chi connectivity index (χ4v) is 2.95. The molecule has 0 fully saturated rings. The van der Waals surface area contributed by atoms with E-state index in [1.165, 1.54) is 22.4 Å². The number of nitrogens with zero attached hydrogens (tertiary/aromatic N) is 1. The Bertz CT molecular complexity index is 610. The Hall–Kier alpha value is -1.51. The smallest absolute Gasteiger partial charge is 0.0430 e. The van der Waals surface area contributed by atoms with Crippen LogP contribution in [0, 0.1) is 6.92 Å². The predicted octanol–water partition coefficient (Wildman–Crippen LogP) is 3.76. The van der Waals surface area contributed by atoms with Gasteiger partial charge in [-0.25, -0.2) is 0 Å². The van der Waals surface area contributed by atoms with Gasteiger partial charge in [-0.3, -0.25) is 0 Å². The van der Waals surface area contributed by atoms with Crippen LogP contribution in [0.1, 0.15) is 16.7 Å². The lowest BCUT2D eigenvalue weighted by Gasteiger charge is -2.25. The molecule has 3 rings (SSSR count). The van der Waals surface area contributed by atoms with Crippen LogP contribution in [-0.4, -0.2) is 13.1 Å². The second-order valence-electron chi connectivity index (χ2n) is 5.36. The number of rotatable bonds is 2. The maximum absolute atomic E-state index is 6.08. The average Bonchev–Trinajstić information content (AvgIpc) is 2.61. The molecule has 1 N–H and O–H groups in total. The van der Waals surface area contributed by atoms with Crippen LogP contribution in [0.25, 0.3) is 0 Å². The molecule has 0 spiro atoms. The molecule has 104 valence electrons. The van der Waals surface area contributed by atoms with Crippen LogP contribution in [0.4, 0.5) is 5.69 Å². The van der Waals surface area contributed by atoms with Crippen LogP contribution in [0.15, 0.2) is 42.5 Å². The van der Waals surface area contributed by atoms with Crippen molar-refractivity contribution >= 4 is 17.3 Å². The summed E-state index contributed by atoms with van der Waals surface area (Å²) in [5, 5.41) is 4.30. The maximum atomic E-state index is 6.08. The third-order valence-electron chi connectivity index (χ3n) is 3.71. The average molecular weight is 287 g/mol. The van der Waals surface area contributed by atoms with Crippen molar-refractivity contribution in [3.63, 3.8) is 0 Å². The molecule has 1 aliphatic heterocycles. The summed E-state index contributed by atoms with van der Waals surface area (Å²) in [7, 11) is 0. The van der Waals surface area contributed by atoms with Crippen molar-refractivity contribution in [1.82, 2.24) is 5.32 Å². The van der Waals surface area contributed by atoms with Crippen LogP contribution in [0.5, 0.6) is 0 Å². The zero-order valence-electron chi connectivity index (χ0n) is 11.7. The molecular weight excluding hydrogens is 268 g/mol. The van der Waals surface area contributed by atoms with Crippen molar-refractivity contribution in [3.05, 3.63) is 64.2 Å². The molecule has 20 heavy (non-hydrogen) atoms. The van der Waals surface area contributed by atoms with Gasteiger partial charge in [0.25, 0.3) is 0 Å². The maximum Gasteiger partial charge on any atom is 0.0430 e. The lowest BCUT2D eigenvalue weighted by molar-refractivity contribution is 0.688. The number of fused-ring (bicyclic) bond motifs is 1. The number of halogens is 1. The first kappa shape index (κ1) is 13.5. The molecule has 2 aromatic carbocycles. The Balaban J connectivity index is 1.90. The molecular formula is C17H19ClN2. The zero-order chi connectivity index (χ0) is 13.9.